The molecule has 0 unspecified atom stereocenters. The zero-order valence-corrected chi connectivity index (χ0v) is 27.8. The van der Waals surface area contributed by atoms with Gasteiger partial charge in [-0.25, -0.2) is 0 Å². The van der Waals surface area contributed by atoms with Crippen LogP contribution in [0.2, 0.25) is 0 Å². The number of anilines is 1. The molecule has 0 atom stereocenters. The maximum absolute atomic E-state index is 10.8. The van der Waals surface area contributed by atoms with Crippen molar-refractivity contribution in [2.75, 3.05) is 18.5 Å². The van der Waals surface area contributed by atoms with Crippen molar-refractivity contribution in [3.63, 3.8) is 0 Å². The van der Waals surface area contributed by atoms with E-state index in [4.69, 9.17) is 0 Å². The lowest BCUT2D eigenvalue weighted by Crippen LogP contribution is -2.27. The number of hydrogen-bond donors (Lipinski definition) is 0. The summed E-state index contributed by atoms with van der Waals surface area (Å²) >= 11 is 0. The Morgan fingerprint density at radius 2 is 1.64 bits per heavy atom. The number of unbranched alkanes of at least 4 members (excludes halogenated alkanes) is 3. The lowest BCUT2D eigenvalue weighted by molar-refractivity contribution is -0.401. The van der Waals surface area contributed by atoms with E-state index in [0.717, 1.165) is 38.5 Å². The highest BCUT2D eigenvalue weighted by Gasteiger charge is 2.44. The van der Waals surface area contributed by atoms with Crippen LogP contribution in [0.3, 0.4) is 0 Å². The average Bonchev–Trinajstić information content (AvgIpc) is 3.34. The zero-order chi connectivity index (χ0) is 31.5. The molecule has 44 heavy (non-hydrogen) atoms. The molecule has 0 amide bonds. The Kier molecular flexibility index (Phi) is 9.25. The topological polar surface area (TPSA) is 23.3 Å². The molecule has 2 heterocycles. The number of hydrogen-bond acceptors (Lipinski definition) is 2. The lowest BCUT2D eigenvalue weighted by atomic mass is 9.78. The van der Waals surface area contributed by atoms with Crippen LogP contribution in [-0.4, -0.2) is 30.2 Å². The molecule has 0 N–H and O–H groups in total. The summed E-state index contributed by atoms with van der Waals surface area (Å²) < 4.78 is 2.36. The van der Waals surface area contributed by atoms with E-state index in [1.807, 2.05) is 0 Å². The Morgan fingerprint density at radius 3 is 2.41 bits per heavy atom. The molecule has 0 fully saturated rings. The Hall–Kier alpha value is -3.98. The first-order valence-electron chi connectivity index (χ1n) is 16.3. The first-order valence-corrected chi connectivity index (χ1v) is 16.3. The maximum Gasteiger partial charge on any atom is 0.210 e. The van der Waals surface area contributed by atoms with Gasteiger partial charge in [-0.3, -0.25) is 0 Å². The molecule has 0 aromatic heterocycles. The standard InChI is InChI=1S/C41H49N2O/c1-8-9-20-32-30(2)24-26-34-38(32)40(3,4)36(42(34)7)22-13-12-14-23-37-41(5,6)39-33-21-16-15-19-31(33)25-27-35(39)43(37)28-17-10-11-18-29-44/h9,12-16,19-27,29H,8,10-11,17-18,28H2,1-7H3/q+1/b20-9-. The molecule has 0 radical (unpaired) electrons. The third kappa shape index (κ3) is 5.65. The van der Waals surface area contributed by atoms with Gasteiger partial charge in [0.05, 0.1) is 5.41 Å². The summed E-state index contributed by atoms with van der Waals surface area (Å²) in [4.78, 5) is 13.4. The number of rotatable bonds is 11. The van der Waals surface area contributed by atoms with Gasteiger partial charge in [-0.05, 0) is 79.6 Å². The predicted octanol–water partition coefficient (Wildman–Crippen LogP) is 10.1. The molecule has 2 aliphatic heterocycles. The fraction of sp³-hybridized carbons (Fsp3) is 0.366. The molecule has 0 saturated heterocycles. The van der Waals surface area contributed by atoms with Crippen molar-refractivity contribution in [1.82, 2.24) is 0 Å². The molecule has 0 spiro atoms. The van der Waals surface area contributed by atoms with Gasteiger partial charge < -0.3 is 9.69 Å². The molecule has 2 aliphatic rings. The first kappa shape index (κ1) is 31.4. The summed E-state index contributed by atoms with van der Waals surface area (Å²) in [5.41, 5.74) is 10.5. The van der Waals surface area contributed by atoms with Gasteiger partial charge in [-0.2, -0.15) is 4.58 Å². The predicted molar refractivity (Wildman–Crippen MR) is 190 cm³/mol. The second-order valence-electron chi connectivity index (χ2n) is 13.3. The van der Waals surface area contributed by atoms with Crippen LogP contribution in [0.4, 0.5) is 11.4 Å². The number of aldehydes is 1. The minimum absolute atomic E-state index is 0.0941. The van der Waals surface area contributed by atoms with E-state index < -0.39 is 0 Å². The lowest BCUT2D eigenvalue weighted by Gasteiger charge is -2.27. The van der Waals surface area contributed by atoms with Crippen LogP contribution in [0.15, 0.2) is 90.7 Å². The average molecular weight is 586 g/mol. The molecular formula is C41H49N2O+. The van der Waals surface area contributed by atoms with Crippen LogP contribution in [-0.2, 0) is 15.6 Å². The van der Waals surface area contributed by atoms with E-state index in [0.29, 0.717) is 6.42 Å². The van der Waals surface area contributed by atoms with Gasteiger partial charge >= 0.3 is 0 Å². The summed E-state index contributed by atoms with van der Waals surface area (Å²) in [5, 5.41) is 2.62. The van der Waals surface area contributed by atoms with Crippen LogP contribution < -0.4 is 4.90 Å². The van der Waals surface area contributed by atoms with E-state index in [1.165, 1.54) is 55.8 Å². The van der Waals surface area contributed by atoms with Crippen LogP contribution >= 0.6 is 0 Å². The first-order chi connectivity index (χ1) is 21.1. The fourth-order valence-electron chi connectivity index (χ4n) is 7.40. The highest BCUT2D eigenvalue weighted by molar-refractivity contribution is 6.04. The van der Waals surface area contributed by atoms with Crippen LogP contribution in [0.5, 0.6) is 0 Å². The zero-order valence-electron chi connectivity index (χ0n) is 27.8. The van der Waals surface area contributed by atoms with E-state index >= 15 is 0 Å². The SMILES string of the molecule is CC/C=C\c1c(C)ccc2c1C(C)(C)C(/C=C/C=C/C=C1/N(CCCCCC=O)c3ccc4ccccc4c3C1(C)C)=[N+]2C. The molecule has 3 heteroatoms. The third-order valence-electron chi connectivity index (χ3n) is 9.64. The number of allylic oxidation sites excluding steroid dienone is 7. The second-order valence-corrected chi connectivity index (χ2v) is 13.3. The van der Waals surface area contributed by atoms with Crippen molar-refractivity contribution in [1.29, 1.82) is 0 Å². The minimum Gasteiger partial charge on any atom is -0.344 e. The fourth-order valence-corrected chi connectivity index (χ4v) is 7.40. The van der Waals surface area contributed by atoms with E-state index in [9.17, 15) is 4.79 Å². The normalized spacial score (nSPS) is 18.1. The largest absolute Gasteiger partial charge is 0.344 e. The molecular weight excluding hydrogens is 536 g/mol. The van der Waals surface area contributed by atoms with Crippen molar-refractivity contribution >= 4 is 40.2 Å². The number of nitrogens with zero attached hydrogens (tertiary/aromatic N) is 2. The summed E-state index contributed by atoms with van der Waals surface area (Å²) in [5.74, 6) is 0. The number of benzene rings is 3. The molecule has 5 rings (SSSR count). The van der Waals surface area contributed by atoms with E-state index in [-0.39, 0.29) is 10.8 Å². The van der Waals surface area contributed by atoms with Gasteiger partial charge in [0.1, 0.15) is 13.3 Å². The highest BCUT2D eigenvalue weighted by Crippen LogP contribution is 2.51. The molecule has 0 saturated carbocycles. The van der Waals surface area contributed by atoms with Crippen LogP contribution in [0, 0.1) is 6.92 Å². The molecule has 3 aromatic carbocycles. The van der Waals surface area contributed by atoms with E-state index in [2.05, 4.69) is 149 Å². The molecule has 228 valence electrons. The summed E-state index contributed by atoms with van der Waals surface area (Å²) in [6.07, 6.45) is 21.5. The van der Waals surface area contributed by atoms with Crippen molar-refractivity contribution in [2.45, 2.75) is 84.5 Å². The van der Waals surface area contributed by atoms with Gasteiger partial charge in [0, 0.05) is 47.5 Å². The van der Waals surface area contributed by atoms with Gasteiger partial charge in [0.15, 0.2) is 5.71 Å². The van der Waals surface area contributed by atoms with Crippen molar-refractivity contribution < 1.29 is 9.37 Å². The van der Waals surface area contributed by atoms with Crippen LogP contribution in [0.25, 0.3) is 16.8 Å². The summed E-state index contributed by atoms with van der Waals surface area (Å²) in [7, 11) is 2.19. The van der Waals surface area contributed by atoms with Crippen molar-refractivity contribution in [2.24, 2.45) is 0 Å². The van der Waals surface area contributed by atoms with Crippen LogP contribution in [0.1, 0.15) is 89.0 Å². The molecule has 0 aliphatic carbocycles. The maximum atomic E-state index is 10.8. The van der Waals surface area contributed by atoms with Gasteiger partial charge in [0.25, 0.3) is 0 Å². The smallest absolute Gasteiger partial charge is 0.210 e. The van der Waals surface area contributed by atoms with Crippen molar-refractivity contribution in [3.05, 3.63) is 113 Å². The number of fused-ring (bicyclic) bond motifs is 4. The van der Waals surface area contributed by atoms with Crippen molar-refractivity contribution in [3.8, 4) is 0 Å². The Balaban J connectivity index is 1.44. The Morgan fingerprint density at radius 1 is 0.841 bits per heavy atom. The molecule has 3 aromatic rings. The molecule has 0 bridgehead atoms. The molecule has 3 nitrogen and oxygen atoms in total. The van der Waals surface area contributed by atoms with E-state index in [1.54, 1.807) is 0 Å². The minimum atomic E-state index is -0.128. The highest BCUT2D eigenvalue weighted by atomic mass is 16.1. The second kappa shape index (κ2) is 12.9. The van der Waals surface area contributed by atoms with Gasteiger partial charge in [-0.15, -0.1) is 0 Å². The monoisotopic (exact) mass is 585 g/mol. The Bertz CT molecular complexity index is 1710. The third-order valence-corrected chi connectivity index (χ3v) is 9.64. The Labute approximate surface area is 265 Å². The quantitative estimate of drug-likeness (QED) is 0.0967. The number of aryl methyl sites for hydroxylation is 1. The number of carbonyl (C=O) groups excluding carboxylic acids is 1. The van der Waals surface area contributed by atoms with Gasteiger partial charge in [0.2, 0.25) is 5.69 Å². The van der Waals surface area contributed by atoms with Gasteiger partial charge in [-0.1, -0.05) is 94.0 Å². The summed E-state index contributed by atoms with van der Waals surface area (Å²) in [6.45, 7) is 14.8. The summed E-state index contributed by atoms with van der Waals surface area (Å²) in [6, 6.07) is 17.8. The number of carbonyl (C=O) groups is 1.